The van der Waals surface area contributed by atoms with E-state index in [4.69, 9.17) is 10.2 Å². The normalized spacial score (nSPS) is 11.4. The molecule has 0 saturated heterocycles. The summed E-state index contributed by atoms with van der Waals surface area (Å²) in [4.78, 5) is 24.3. The maximum atomic E-state index is 12.5. The van der Waals surface area contributed by atoms with E-state index in [0.29, 0.717) is 11.0 Å². The lowest BCUT2D eigenvalue weighted by molar-refractivity contribution is 0.0977. The van der Waals surface area contributed by atoms with E-state index in [9.17, 15) is 18.0 Å². The number of hydrogen-bond acceptors (Lipinski definition) is 5. The van der Waals surface area contributed by atoms with Crippen LogP contribution in [0.4, 0.5) is 5.69 Å². The van der Waals surface area contributed by atoms with Crippen molar-refractivity contribution in [1.82, 2.24) is 0 Å². The summed E-state index contributed by atoms with van der Waals surface area (Å²) in [5.41, 5.74) is 6.16. The van der Waals surface area contributed by atoms with Crippen molar-refractivity contribution >= 4 is 38.3 Å². The van der Waals surface area contributed by atoms with Crippen molar-refractivity contribution in [3.63, 3.8) is 0 Å². The molecule has 0 unspecified atom stereocenters. The van der Waals surface area contributed by atoms with Crippen LogP contribution in [0, 0.1) is 0 Å². The lowest BCUT2D eigenvalue weighted by Gasteiger charge is -2.06. The van der Waals surface area contributed by atoms with Crippen LogP contribution in [0.1, 0.15) is 27.8 Å². The molecule has 7 nitrogen and oxygen atoms in total. The van der Waals surface area contributed by atoms with E-state index in [-0.39, 0.29) is 27.7 Å². The van der Waals surface area contributed by atoms with Crippen LogP contribution in [0.2, 0.25) is 0 Å². The number of fused-ring (bicyclic) bond motifs is 1. The highest BCUT2D eigenvalue weighted by Crippen LogP contribution is 2.31. The summed E-state index contributed by atoms with van der Waals surface area (Å²) in [6, 6.07) is 12.4. The van der Waals surface area contributed by atoms with Gasteiger partial charge in [-0.2, -0.15) is 0 Å². The molecule has 2 amide bonds. The SMILES string of the molecule is CCS(=O)(=O)c1ccc(C(=O)Nc2c(C(N)=O)oc3ccccc23)cc1. The summed E-state index contributed by atoms with van der Waals surface area (Å²) in [6.07, 6.45) is 0. The van der Waals surface area contributed by atoms with Crippen molar-refractivity contribution in [2.45, 2.75) is 11.8 Å². The van der Waals surface area contributed by atoms with Gasteiger partial charge in [0.15, 0.2) is 9.84 Å². The molecule has 1 aromatic heterocycles. The van der Waals surface area contributed by atoms with Crippen LogP contribution >= 0.6 is 0 Å². The van der Waals surface area contributed by atoms with Crippen LogP contribution in [0.25, 0.3) is 11.0 Å². The van der Waals surface area contributed by atoms with Gasteiger partial charge < -0.3 is 15.5 Å². The fourth-order valence-electron chi connectivity index (χ4n) is 2.51. The number of primary amides is 1. The van der Waals surface area contributed by atoms with Crippen molar-refractivity contribution in [2.24, 2.45) is 5.73 Å². The number of para-hydroxylation sites is 1. The first-order chi connectivity index (χ1) is 12.3. The van der Waals surface area contributed by atoms with Gasteiger partial charge in [0, 0.05) is 10.9 Å². The van der Waals surface area contributed by atoms with Crippen molar-refractivity contribution in [3.8, 4) is 0 Å². The minimum absolute atomic E-state index is 0.0263. The maximum absolute atomic E-state index is 12.5. The summed E-state index contributed by atoms with van der Waals surface area (Å²) in [5, 5.41) is 3.16. The monoisotopic (exact) mass is 372 g/mol. The van der Waals surface area contributed by atoms with E-state index in [0.717, 1.165) is 0 Å². The molecule has 3 aromatic rings. The fraction of sp³-hybridized carbons (Fsp3) is 0.111. The van der Waals surface area contributed by atoms with Crippen LogP contribution in [-0.4, -0.2) is 26.0 Å². The molecular formula is C18H16N2O5S. The molecule has 0 radical (unpaired) electrons. The second-order valence-electron chi connectivity index (χ2n) is 5.55. The van der Waals surface area contributed by atoms with Gasteiger partial charge in [0.05, 0.1) is 10.6 Å². The number of furan rings is 1. The largest absolute Gasteiger partial charge is 0.449 e. The number of carbonyl (C=O) groups excluding carboxylic acids is 2. The molecule has 0 aliphatic rings. The Hall–Kier alpha value is -3.13. The molecule has 2 aromatic carbocycles. The van der Waals surface area contributed by atoms with Crippen molar-refractivity contribution in [2.75, 3.05) is 11.1 Å². The molecular weight excluding hydrogens is 356 g/mol. The highest BCUT2D eigenvalue weighted by atomic mass is 32.2. The fourth-order valence-corrected chi connectivity index (χ4v) is 3.39. The second kappa shape index (κ2) is 6.64. The Labute approximate surface area is 149 Å². The average molecular weight is 372 g/mol. The minimum Gasteiger partial charge on any atom is -0.449 e. The summed E-state index contributed by atoms with van der Waals surface area (Å²) in [6.45, 7) is 1.55. The van der Waals surface area contributed by atoms with Crippen molar-refractivity contribution < 1.29 is 22.4 Å². The predicted molar refractivity (Wildman–Crippen MR) is 96.9 cm³/mol. The smallest absolute Gasteiger partial charge is 0.286 e. The number of rotatable bonds is 5. The number of sulfone groups is 1. The number of nitrogens with two attached hydrogens (primary N) is 1. The zero-order chi connectivity index (χ0) is 18.9. The first kappa shape index (κ1) is 17.7. The highest BCUT2D eigenvalue weighted by Gasteiger charge is 2.21. The lowest BCUT2D eigenvalue weighted by Crippen LogP contribution is -2.17. The molecule has 0 bridgehead atoms. The Morgan fingerprint density at radius 3 is 2.35 bits per heavy atom. The van der Waals surface area contributed by atoms with Gasteiger partial charge in [0.25, 0.3) is 11.8 Å². The maximum Gasteiger partial charge on any atom is 0.286 e. The third kappa shape index (κ3) is 3.18. The molecule has 0 saturated carbocycles. The Kier molecular flexibility index (Phi) is 4.52. The van der Waals surface area contributed by atoms with Gasteiger partial charge in [-0.25, -0.2) is 8.42 Å². The minimum atomic E-state index is -3.35. The molecule has 0 aliphatic heterocycles. The lowest BCUT2D eigenvalue weighted by atomic mass is 10.2. The van der Waals surface area contributed by atoms with Crippen molar-refractivity contribution in [1.29, 1.82) is 0 Å². The van der Waals surface area contributed by atoms with Crippen LogP contribution < -0.4 is 11.1 Å². The summed E-state index contributed by atoms with van der Waals surface area (Å²) >= 11 is 0. The number of carbonyl (C=O) groups is 2. The number of hydrogen-bond donors (Lipinski definition) is 2. The van der Waals surface area contributed by atoms with Gasteiger partial charge in [0.2, 0.25) is 5.76 Å². The molecule has 26 heavy (non-hydrogen) atoms. The number of benzene rings is 2. The van der Waals surface area contributed by atoms with E-state index in [2.05, 4.69) is 5.32 Å². The predicted octanol–water partition coefficient (Wildman–Crippen LogP) is 2.58. The van der Waals surface area contributed by atoms with Gasteiger partial charge in [-0.15, -0.1) is 0 Å². The van der Waals surface area contributed by atoms with Gasteiger partial charge in [-0.05, 0) is 36.4 Å². The summed E-state index contributed by atoms with van der Waals surface area (Å²) in [5.74, 6) is -1.49. The van der Waals surface area contributed by atoms with E-state index in [1.54, 1.807) is 31.2 Å². The molecule has 0 fully saturated rings. The first-order valence-electron chi connectivity index (χ1n) is 7.79. The number of amides is 2. The molecule has 134 valence electrons. The van der Waals surface area contributed by atoms with Gasteiger partial charge in [0.1, 0.15) is 11.3 Å². The van der Waals surface area contributed by atoms with E-state index >= 15 is 0 Å². The molecule has 0 atom stereocenters. The van der Waals surface area contributed by atoms with Gasteiger partial charge in [-0.1, -0.05) is 19.1 Å². The number of nitrogens with one attached hydrogen (secondary N) is 1. The average Bonchev–Trinajstić information content (AvgIpc) is 3.01. The highest BCUT2D eigenvalue weighted by molar-refractivity contribution is 7.91. The van der Waals surface area contributed by atoms with Crippen molar-refractivity contribution in [3.05, 3.63) is 59.9 Å². The molecule has 8 heteroatoms. The molecule has 1 heterocycles. The quantitative estimate of drug-likeness (QED) is 0.713. The third-order valence-electron chi connectivity index (χ3n) is 3.91. The standard InChI is InChI=1S/C18H16N2O5S/c1-2-26(23,24)12-9-7-11(8-10-12)18(22)20-15-13-5-3-4-6-14(13)25-16(15)17(19)21/h3-10H,2H2,1H3,(H2,19,21)(H,20,22). The second-order valence-corrected chi connectivity index (χ2v) is 7.83. The third-order valence-corrected chi connectivity index (χ3v) is 5.66. The Morgan fingerprint density at radius 2 is 1.73 bits per heavy atom. The van der Waals surface area contributed by atoms with Gasteiger partial charge >= 0.3 is 0 Å². The van der Waals surface area contributed by atoms with Crippen LogP contribution in [-0.2, 0) is 9.84 Å². The first-order valence-corrected chi connectivity index (χ1v) is 9.44. The van der Waals surface area contributed by atoms with E-state index in [1.807, 2.05) is 0 Å². The summed E-state index contributed by atoms with van der Waals surface area (Å²) < 4.78 is 29.1. The van der Waals surface area contributed by atoms with Crippen LogP contribution in [0.5, 0.6) is 0 Å². The summed E-state index contributed by atoms with van der Waals surface area (Å²) in [7, 11) is -3.35. The van der Waals surface area contributed by atoms with Crippen LogP contribution in [0.15, 0.2) is 57.8 Å². The zero-order valence-electron chi connectivity index (χ0n) is 13.9. The molecule has 0 aliphatic carbocycles. The Morgan fingerprint density at radius 1 is 1.08 bits per heavy atom. The van der Waals surface area contributed by atoms with Gasteiger partial charge in [-0.3, -0.25) is 9.59 Å². The molecule has 3 rings (SSSR count). The van der Waals surface area contributed by atoms with E-state index in [1.165, 1.54) is 24.3 Å². The van der Waals surface area contributed by atoms with Crippen LogP contribution in [0.3, 0.4) is 0 Å². The molecule has 3 N–H and O–H groups in total. The Bertz CT molecular complexity index is 1100. The topological polar surface area (TPSA) is 119 Å². The zero-order valence-corrected chi connectivity index (χ0v) is 14.7. The Balaban J connectivity index is 1.95. The number of anilines is 1. The van der Waals surface area contributed by atoms with E-state index < -0.39 is 21.7 Å². The molecule has 0 spiro atoms.